The zero-order valence-corrected chi connectivity index (χ0v) is 12.3. The van der Waals surface area contributed by atoms with Gasteiger partial charge in [0, 0.05) is 18.3 Å². The fourth-order valence-corrected chi connectivity index (χ4v) is 2.49. The summed E-state index contributed by atoms with van der Waals surface area (Å²) in [5.74, 6) is 0. The van der Waals surface area contributed by atoms with Crippen molar-refractivity contribution < 1.29 is 0 Å². The van der Waals surface area contributed by atoms with E-state index < -0.39 is 0 Å². The molecule has 0 fully saturated rings. The van der Waals surface area contributed by atoms with Crippen LogP contribution in [-0.4, -0.2) is 12.6 Å². The van der Waals surface area contributed by atoms with Crippen LogP contribution < -0.4 is 4.90 Å². The molecule has 1 aliphatic heterocycles. The maximum Gasteiger partial charge on any atom is 0.0371 e. The third-order valence-electron chi connectivity index (χ3n) is 3.31. The highest BCUT2D eigenvalue weighted by atomic mass is 32.1. The average molecular weight is 261 g/mol. The molecule has 0 aliphatic carbocycles. The van der Waals surface area contributed by atoms with Crippen LogP contribution in [0.5, 0.6) is 0 Å². The molecule has 1 heterocycles. The van der Waals surface area contributed by atoms with Crippen molar-refractivity contribution in [1.82, 2.24) is 0 Å². The lowest BCUT2D eigenvalue weighted by Crippen LogP contribution is -2.38. The number of hydrogen-bond donors (Lipinski definition) is 0. The van der Waals surface area contributed by atoms with Gasteiger partial charge in [-0.15, -0.1) is 6.58 Å². The van der Waals surface area contributed by atoms with Crippen molar-refractivity contribution in [3.05, 3.63) is 54.1 Å². The molecule has 0 amide bonds. The molecule has 2 rings (SSSR count). The molecule has 0 saturated carbocycles. The Morgan fingerprint density at radius 1 is 1.33 bits per heavy atom. The summed E-state index contributed by atoms with van der Waals surface area (Å²) >= 11 is 0. The van der Waals surface area contributed by atoms with Crippen LogP contribution >= 0.6 is 13.5 Å². The Morgan fingerprint density at radius 2 is 2.00 bits per heavy atom. The standard InChI is InChI=1S/C16H21N.H2S/c1-13(2)11-16-12-14(3)9-10-17(16)15-7-5-4-6-8-15;/h4-9,16H,1,10-12H2,2-3H3;1H2/t16-;/m0./s1. The highest BCUT2D eigenvalue weighted by Crippen LogP contribution is 2.27. The number of para-hydroxylation sites is 1. The first-order valence-corrected chi connectivity index (χ1v) is 6.28. The van der Waals surface area contributed by atoms with E-state index in [4.69, 9.17) is 0 Å². The molecule has 0 N–H and O–H groups in total. The molecule has 1 aliphatic rings. The van der Waals surface area contributed by atoms with E-state index in [1.54, 1.807) is 0 Å². The van der Waals surface area contributed by atoms with Gasteiger partial charge in [0.1, 0.15) is 0 Å². The van der Waals surface area contributed by atoms with Crippen LogP contribution in [0.2, 0.25) is 0 Å². The molecule has 18 heavy (non-hydrogen) atoms. The molecule has 0 spiro atoms. The van der Waals surface area contributed by atoms with Crippen molar-refractivity contribution in [3.63, 3.8) is 0 Å². The number of anilines is 1. The fourth-order valence-electron chi connectivity index (χ4n) is 2.49. The van der Waals surface area contributed by atoms with Crippen molar-refractivity contribution in [2.75, 3.05) is 11.4 Å². The molecule has 0 saturated heterocycles. The Balaban J connectivity index is 0.00000162. The van der Waals surface area contributed by atoms with Crippen LogP contribution in [0, 0.1) is 0 Å². The van der Waals surface area contributed by atoms with Gasteiger partial charge in [0.15, 0.2) is 0 Å². The van der Waals surface area contributed by atoms with Crippen LogP contribution in [0.3, 0.4) is 0 Å². The van der Waals surface area contributed by atoms with E-state index in [1.807, 2.05) is 0 Å². The summed E-state index contributed by atoms with van der Waals surface area (Å²) in [5, 5.41) is 0. The smallest absolute Gasteiger partial charge is 0.0371 e. The molecule has 1 atom stereocenters. The van der Waals surface area contributed by atoms with E-state index in [2.05, 4.69) is 61.7 Å². The summed E-state index contributed by atoms with van der Waals surface area (Å²) in [5.41, 5.74) is 4.09. The van der Waals surface area contributed by atoms with Gasteiger partial charge in [0.25, 0.3) is 0 Å². The lowest BCUT2D eigenvalue weighted by Gasteiger charge is -2.37. The summed E-state index contributed by atoms with van der Waals surface area (Å²) in [7, 11) is 0. The SMILES string of the molecule is C=C(C)C[C@H]1CC(C)=CCN1c1ccccc1.S. The number of nitrogens with zero attached hydrogens (tertiary/aromatic N) is 1. The molecular formula is C16H23NS. The number of benzene rings is 1. The second-order valence-electron chi connectivity index (χ2n) is 5.06. The van der Waals surface area contributed by atoms with Crippen molar-refractivity contribution in [2.24, 2.45) is 0 Å². The molecule has 0 aromatic heterocycles. The largest absolute Gasteiger partial charge is 0.364 e. The van der Waals surface area contributed by atoms with Gasteiger partial charge in [-0.3, -0.25) is 0 Å². The van der Waals surface area contributed by atoms with Crippen molar-refractivity contribution >= 4 is 19.2 Å². The Labute approximate surface area is 118 Å². The van der Waals surface area contributed by atoms with E-state index in [1.165, 1.54) is 16.8 Å². The molecule has 1 nitrogen and oxygen atoms in total. The lowest BCUT2D eigenvalue weighted by molar-refractivity contribution is 0.578. The van der Waals surface area contributed by atoms with Gasteiger partial charge in [-0.05, 0) is 38.8 Å². The average Bonchev–Trinajstić information content (AvgIpc) is 2.29. The second kappa shape index (κ2) is 6.69. The van der Waals surface area contributed by atoms with Gasteiger partial charge in [-0.1, -0.05) is 35.4 Å². The van der Waals surface area contributed by atoms with Gasteiger partial charge >= 0.3 is 0 Å². The van der Waals surface area contributed by atoms with Crippen molar-refractivity contribution in [2.45, 2.75) is 32.7 Å². The van der Waals surface area contributed by atoms with Crippen LogP contribution in [0.1, 0.15) is 26.7 Å². The Bertz CT molecular complexity index is 422. The first-order chi connectivity index (χ1) is 8.16. The predicted molar refractivity (Wildman–Crippen MR) is 85.8 cm³/mol. The van der Waals surface area contributed by atoms with Gasteiger partial charge in [-0.2, -0.15) is 13.5 Å². The zero-order chi connectivity index (χ0) is 12.3. The molecule has 2 heteroatoms. The van der Waals surface area contributed by atoms with Crippen LogP contribution in [-0.2, 0) is 0 Å². The van der Waals surface area contributed by atoms with E-state index in [0.717, 1.165) is 19.4 Å². The first-order valence-electron chi connectivity index (χ1n) is 6.28. The van der Waals surface area contributed by atoms with Crippen LogP contribution in [0.25, 0.3) is 0 Å². The summed E-state index contributed by atoms with van der Waals surface area (Å²) in [4.78, 5) is 2.49. The summed E-state index contributed by atoms with van der Waals surface area (Å²) in [6.07, 6.45) is 4.57. The molecule has 1 aromatic rings. The van der Waals surface area contributed by atoms with Gasteiger partial charge < -0.3 is 4.90 Å². The summed E-state index contributed by atoms with van der Waals surface area (Å²) in [6, 6.07) is 11.2. The molecule has 1 aromatic carbocycles. The van der Waals surface area contributed by atoms with E-state index in [9.17, 15) is 0 Å². The first kappa shape index (κ1) is 14.9. The maximum atomic E-state index is 4.06. The second-order valence-corrected chi connectivity index (χ2v) is 5.06. The minimum atomic E-state index is 0. The lowest BCUT2D eigenvalue weighted by atomic mass is 9.95. The normalized spacial score (nSPS) is 18.9. The molecular weight excluding hydrogens is 238 g/mol. The highest BCUT2D eigenvalue weighted by Gasteiger charge is 2.21. The van der Waals surface area contributed by atoms with Gasteiger partial charge in [0.2, 0.25) is 0 Å². The van der Waals surface area contributed by atoms with Gasteiger partial charge in [-0.25, -0.2) is 0 Å². The molecule has 0 radical (unpaired) electrons. The molecule has 0 unspecified atom stereocenters. The minimum Gasteiger partial charge on any atom is -0.364 e. The molecule has 0 bridgehead atoms. The van der Waals surface area contributed by atoms with Crippen molar-refractivity contribution in [1.29, 1.82) is 0 Å². The van der Waals surface area contributed by atoms with Crippen LogP contribution in [0.4, 0.5) is 5.69 Å². The highest BCUT2D eigenvalue weighted by molar-refractivity contribution is 7.59. The number of hydrogen-bond acceptors (Lipinski definition) is 1. The predicted octanol–water partition coefficient (Wildman–Crippen LogP) is 4.29. The quantitative estimate of drug-likeness (QED) is 0.734. The molecule has 98 valence electrons. The Hall–Kier alpha value is -1.15. The van der Waals surface area contributed by atoms with E-state index >= 15 is 0 Å². The number of rotatable bonds is 3. The third kappa shape index (κ3) is 3.67. The maximum absolute atomic E-state index is 4.06. The Kier molecular flexibility index (Phi) is 5.54. The van der Waals surface area contributed by atoms with Crippen molar-refractivity contribution in [3.8, 4) is 0 Å². The van der Waals surface area contributed by atoms with E-state index in [-0.39, 0.29) is 13.5 Å². The summed E-state index contributed by atoms with van der Waals surface area (Å²) in [6.45, 7) is 9.43. The fraction of sp³-hybridized carbons (Fsp3) is 0.375. The monoisotopic (exact) mass is 261 g/mol. The Morgan fingerprint density at radius 3 is 2.61 bits per heavy atom. The summed E-state index contributed by atoms with van der Waals surface area (Å²) < 4.78 is 0. The third-order valence-corrected chi connectivity index (χ3v) is 3.31. The minimum absolute atomic E-state index is 0. The van der Waals surface area contributed by atoms with E-state index in [0.29, 0.717) is 6.04 Å². The zero-order valence-electron chi connectivity index (χ0n) is 11.3. The topological polar surface area (TPSA) is 3.24 Å². The van der Waals surface area contributed by atoms with Gasteiger partial charge in [0.05, 0.1) is 0 Å². The van der Waals surface area contributed by atoms with Crippen LogP contribution in [0.15, 0.2) is 54.1 Å².